The molecule has 0 spiro atoms. The third-order valence-corrected chi connectivity index (χ3v) is 5.54. The number of hydrogen-bond acceptors (Lipinski definition) is 4. The van der Waals surface area contributed by atoms with E-state index in [9.17, 15) is 9.18 Å². The van der Waals surface area contributed by atoms with Crippen LogP contribution < -0.4 is 0 Å². The first-order valence-electron chi connectivity index (χ1n) is 9.48. The molecule has 3 aromatic heterocycles. The van der Waals surface area contributed by atoms with Crippen molar-refractivity contribution in [1.29, 1.82) is 0 Å². The summed E-state index contributed by atoms with van der Waals surface area (Å²) in [6, 6.07) is 11.3. The highest BCUT2D eigenvalue weighted by Gasteiger charge is 2.33. The summed E-state index contributed by atoms with van der Waals surface area (Å²) in [6.07, 6.45) is 1.91. The molecule has 1 aromatic carbocycles. The molecule has 0 saturated carbocycles. The van der Waals surface area contributed by atoms with E-state index in [1.54, 1.807) is 4.90 Å². The molecule has 1 aliphatic rings. The number of benzene rings is 1. The Kier molecular flexibility index (Phi) is 3.94. The lowest BCUT2D eigenvalue weighted by molar-refractivity contribution is 0.0638. The van der Waals surface area contributed by atoms with E-state index >= 15 is 0 Å². The van der Waals surface area contributed by atoms with Gasteiger partial charge in [0, 0.05) is 30.4 Å². The van der Waals surface area contributed by atoms with Gasteiger partial charge in [-0.2, -0.15) is 5.10 Å². The molecule has 0 unspecified atom stereocenters. The molecule has 0 bridgehead atoms. The smallest absolute Gasteiger partial charge is 0.254 e. The average molecular weight is 390 g/mol. The molecule has 1 atom stereocenters. The highest BCUT2D eigenvalue weighted by atomic mass is 19.1. The van der Waals surface area contributed by atoms with Gasteiger partial charge < -0.3 is 9.47 Å². The van der Waals surface area contributed by atoms with Gasteiger partial charge in [-0.15, -0.1) is 10.2 Å². The standard InChI is InChI=1S/C21H19FN6O/c1-13-17-5-3-4-10-28(17)25-18(13)20-24-23-19-14(2)26(11-12-27(19)20)21(29)15-6-8-16(22)9-7-15/h3-10,14H,11-12H2,1-2H3/t14-/m1/s1. The molecule has 5 rings (SSSR count). The number of fused-ring (bicyclic) bond motifs is 2. The van der Waals surface area contributed by atoms with Crippen molar-refractivity contribution in [2.45, 2.75) is 26.4 Å². The molecule has 8 heteroatoms. The van der Waals surface area contributed by atoms with Crippen molar-refractivity contribution in [3.05, 3.63) is 71.4 Å². The van der Waals surface area contributed by atoms with Gasteiger partial charge in [0.15, 0.2) is 11.6 Å². The van der Waals surface area contributed by atoms with Gasteiger partial charge in [-0.1, -0.05) is 6.07 Å². The first kappa shape index (κ1) is 17.5. The minimum absolute atomic E-state index is 0.141. The van der Waals surface area contributed by atoms with Gasteiger partial charge in [-0.25, -0.2) is 8.91 Å². The van der Waals surface area contributed by atoms with Crippen LogP contribution in [0.2, 0.25) is 0 Å². The number of pyridine rings is 1. The van der Waals surface area contributed by atoms with Crippen molar-refractivity contribution in [3.63, 3.8) is 0 Å². The maximum atomic E-state index is 13.2. The second kappa shape index (κ2) is 6.51. The van der Waals surface area contributed by atoms with Crippen LogP contribution in [0.25, 0.3) is 17.0 Å². The predicted octanol–water partition coefficient (Wildman–Crippen LogP) is 3.26. The summed E-state index contributed by atoms with van der Waals surface area (Å²) in [5.74, 6) is 0.928. The van der Waals surface area contributed by atoms with Gasteiger partial charge in [-0.05, 0) is 50.2 Å². The van der Waals surface area contributed by atoms with Crippen molar-refractivity contribution in [3.8, 4) is 11.5 Å². The molecule has 7 nitrogen and oxygen atoms in total. The minimum atomic E-state index is -0.361. The molecular formula is C21H19FN6O. The summed E-state index contributed by atoms with van der Waals surface area (Å²) in [7, 11) is 0. The number of amides is 1. The van der Waals surface area contributed by atoms with Crippen LogP contribution in [0.15, 0.2) is 48.7 Å². The van der Waals surface area contributed by atoms with Gasteiger partial charge in [0.2, 0.25) is 0 Å². The summed E-state index contributed by atoms with van der Waals surface area (Å²) in [5.41, 5.74) is 3.32. The summed E-state index contributed by atoms with van der Waals surface area (Å²) < 4.78 is 17.1. The van der Waals surface area contributed by atoms with Crippen LogP contribution in [0.4, 0.5) is 4.39 Å². The van der Waals surface area contributed by atoms with Crippen molar-refractivity contribution in [1.82, 2.24) is 29.3 Å². The third kappa shape index (κ3) is 2.71. The Morgan fingerprint density at radius 2 is 1.90 bits per heavy atom. The lowest BCUT2D eigenvalue weighted by Gasteiger charge is -2.33. The Hall–Kier alpha value is -3.55. The highest BCUT2D eigenvalue weighted by molar-refractivity contribution is 5.94. The SMILES string of the molecule is Cc1c(-c2nnc3n2CCN(C(=O)c2ccc(F)cc2)[C@@H]3C)nn2ccccc12. The summed E-state index contributed by atoms with van der Waals surface area (Å²) >= 11 is 0. The molecular weight excluding hydrogens is 371 g/mol. The number of nitrogens with zero attached hydrogens (tertiary/aromatic N) is 6. The van der Waals surface area contributed by atoms with Crippen LogP contribution in [-0.2, 0) is 6.54 Å². The molecule has 0 fully saturated rings. The van der Waals surface area contributed by atoms with Gasteiger partial charge in [0.25, 0.3) is 5.91 Å². The summed E-state index contributed by atoms with van der Waals surface area (Å²) in [5, 5.41) is 13.5. The van der Waals surface area contributed by atoms with Crippen molar-refractivity contribution in [2.24, 2.45) is 0 Å². The quantitative estimate of drug-likeness (QED) is 0.527. The molecule has 0 N–H and O–H groups in total. The molecule has 1 aliphatic heterocycles. The molecule has 0 radical (unpaired) electrons. The van der Waals surface area contributed by atoms with Crippen molar-refractivity contribution >= 4 is 11.4 Å². The number of hydrogen-bond donors (Lipinski definition) is 0. The number of carbonyl (C=O) groups is 1. The monoisotopic (exact) mass is 390 g/mol. The first-order chi connectivity index (χ1) is 14.0. The van der Waals surface area contributed by atoms with E-state index in [2.05, 4.69) is 15.3 Å². The number of rotatable bonds is 2. The Morgan fingerprint density at radius 1 is 1.10 bits per heavy atom. The fourth-order valence-corrected chi connectivity index (χ4v) is 3.93. The zero-order valence-electron chi connectivity index (χ0n) is 16.1. The van der Waals surface area contributed by atoms with Crippen molar-refractivity contribution in [2.75, 3.05) is 6.54 Å². The van der Waals surface area contributed by atoms with E-state index in [0.29, 0.717) is 24.5 Å². The van der Waals surface area contributed by atoms with E-state index in [-0.39, 0.29) is 17.8 Å². The Balaban J connectivity index is 1.50. The number of carbonyl (C=O) groups excluding carboxylic acids is 1. The van der Waals surface area contributed by atoms with Gasteiger partial charge in [-0.3, -0.25) is 4.79 Å². The topological polar surface area (TPSA) is 68.3 Å². The lowest BCUT2D eigenvalue weighted by atomic mass is 10.1. The van der Waals surface area contributed by atoms with E-state index in [4.69, 9.17) is 0 Å². The van der Waals surface area contributed by atoms with E-state index < -0.39 is 0 Å². The fraction of sp³-hybridized carbons (Fsp3) is 0.238. The van der Waals surface area contributed by atoms with E-state index in [1.165, 1.54) is 24.3 Å². The van der Waals surface area contributed by atoms with Crippen LogP contribution >= 0.6 is 0 Å². The number of aryl methyl sites for hydroxylation is 1. The van der Waals surface area contributed by atoms with Crippen LogP contribution in [0, 0.1) is 12.7 Å². The molecule has 4 aromatic rings. The highest BCUT2D eigenvalue weighted by Crippen LogP contribution is 2.31. The maximum Gasteiger partial charge on any atom is 0.254 e. The summed E-state index contributed by atoms with van der Waals surface area (Å²) in [6.45, 7) is 5.04. The van der Waals surface area contributed by atoms with Crippen LogP contribution in [0.5, 0.6) is 0 Å². The van der Waals surface area contributed by atoms with Gasteiger partial charge >= 0.3 is 0 Å². The second-order valence-corrected chi connectivity index (χ2v) is 7.22. The first-order valence-corrected chi connectivity index (χ1v) is 9.48. The molecule has 0 aliphatic carbocycles. The Bertz CT molecular complexity index is 1230. The maximum absolute atomic E-state index is 13.2. The van der Waals surface area contributed by atoms with Crippen LogP contribution in [0.1, 0.15) is 34.7 Å². The van der Waals surface area contributed by atoms with Crippen molar-refractivity contribution < 1.29 is 9.18 Å². The second-order valence-electron chi connectivity index (χ2n) is 7.22. The van der Waals surface area contributed by atoms with Gasteiger partial charge in [0.05, 0.1) is 11.6 Å². The zero-order valence-corrected chi connectivity index (χ0v) is 16.1. The fourth-order valence-electron chi connectivity index (χ4n) is 3.93. The number of aromatic nitrogens is 5. The van der Waals surface area contributed by atoms with Crippen LogP contribution in [0.3, 0.4) is 0 Å². The molecule has 4 heterocycles. The van der Waals surface area contributed by atoms with Gasteiger partial charge in [0.1, 0.15) is 11.5 Å². The Labute approximate surface area is 166 Å². The largest absolute Gasteiger partial charge is 0.327 e. The molecule has 1 amide bonds. The number of halogens is 1. The molecule has 0 saturated heterocycles. The zero-order chi connectivity index (χ0) is 20.1. The minimum Gasteiger partial charge on any atom is -0.327 e. The lowest BCUT2D eigenvalue weighted by Crippen LogP contribution is -2.41. The molecule has 29 heavy (non-hydrogen) atoms. The third-order valence-electron chi connectivity index (χ3n) is 5.54. The summed E-state index contributed by atoms with van der Waals surface area (Å²) in [4.78, 5) is 14.7. The van der Waals surface area contributed by atoms with Crippen LogP contribution in [-0.4, -0.2) is 41.7 Å². The van der Waals surface area contributed by atoms with E-state index in [1.807, 2.05) is 47.3 Å². The normalized spacial score (nSPS) is 16.2. The Morgan fingerprint density at radius 3 is 2.66 bits per heavy atom. The predicted molar refractivity (Wildman–Crippen MR) is 105 cm³/mol. The average Bonchev–Trinajstić information content (AvgIpc) is 3.30. The van der Waals surface area contributed by atoms with E-state index in [0.717, 1.165) is 22.6 Å². The molecule has 146 valence electrons.